The van der Waals surface area contributed by atoms with Crippen molar-refractivity contribution < 1.29 is 14.3 Å². The Balaban J connectivity index is 1.22. The van der Waals surface area contributed by atoms with Crippen LogP contribution in [-0.2, 0) is 15.1 Å². The number of esters is 1. The Morgan fingerprint density at radius 1 is 1.12 bits per heavy atom. The molecule has 4 heterocycles. The van der Waals surface area contributed by atoms with Crippen LogP contribution in [0, 0.1) is 5.92 Å². The van der Waals surface area contributed by atoms with Crippen LogP contribution >= 0.6 is 0 Å². The van der Waals surface area contributed by atoms with Crippen molar-refractivity contribution in [1.82, 2.24) is 14.8 Å². The molecule has 32 heavy (non-hydrogen) atoms. The molecule has 0 radical (unpaired) electrons. The van der Waals surface area contributed by atoms with Gasteiger partial charge >= 0.3 is 5.97 Å². The van der Waals surface area contributed by atoms with Gasteiger partial charge in [-0.05, 0) is 70.5 Å². The minimum Gasteiger partial charge on any atom is -0.450 e. The van der Waals surface area contributed by atoms with Gasteiger partial charge in [0.05, 0.1) is 0 Å². The smallest absolute Gasteiger partial charge is 0.343 e. The van der Waals surface area contributed by atoms with E-state index in [2.05, 4.69) is 14.8 Å². The molecule has 2 saturated heterocycles. The summed E-state index contributed by atoms with van der Waals surface area (Å²) in [4.78, 5) is 37.2. The summed E-state index contributed by atoms with van der Waals surface area (Å²) in [6.07, 6.45) is 10.9. The van der Waals surface area contributed by atoms with E-state index in [0.717, 1.165) is 76.3 Å². The Morgan fingerprint density at radius 3 is 2.53 bits per heavy atom. The third-order valence-corrected chi connectivity index (χ3v) is 8.04. The number of hydrogen-bond acceptors (Lipinski definition) is 6. The van der Waals surface area contributed by atoms with Crippen LogP contribution in [0.2, 0.25) is 0 Å². The number of anilines is 1. The van der Waals surface area contributed by atoms with Gasteiger partial charge in [0.1, 0.15) is 17.0 Å². The maximum atomic E-state index is 13.1. The van der Waals surface area contributed by atoms with Crippen LogP contribution < -0.4 is 4.90 Å². The highest BCUT2D eigenvalue weighted by atomic mass is 16.6. The fourth-order valence-electron chi connectivity index (χ4n) is 6.08. The average molecular weight is 441 g/mol. The molecule has 4 aliphatic rings. The highest BCUT2D eigenvalue weighted by Crippen LogP contribution is 2.50. The second-order valence-electron chi connectivity index (χ2n) is 10.1. The summed E-state index contributed by atoms with van der Waals surface area (Å²) in [7, 11) is 1.94. The van der Waals surface area contributed by atoms with E-state index in [1.807, 2.05) is 24.2 Å². The number of likely N-dealkylation sites (N-methyl/N-ethyl adjacent to an activating group) is 1. The zero-order valence-corrected chi connectivity index (χ0v) is 19.4. The highest BCUT2D eigenvalue weighted by molar-refractivity contribution is 5.99. The van der Waals surface area contributed by atoms with Crippen molar-refractivity contribution in [3.05, 3.63) is 23.4 Å². The number of carbonyl (C=O) groups excluding carboxylic acids is 2. The second-order valence-corrected chi connectivity index (χ2v) is 10.1. The lowest BCUT2D eigenvalue weighted by Gasteiger charge is -2.37. The van der Waals surface area contributed by atoms with Crippen LogP contribution in [0.1, 0.15) is 73.7 Å². The average Bonchev–Trinajstić information content (AvgIpc) is 3.46. The van der Waals surface area contributed by atoms with E-state index in [0.29, 0.717) is 18.4 Å². The van der Waals surface area contributed by atoms with Gasteiger partial charge in [-0.25, -0.2) is 9.78 Å². The maximum absolute atomic E-state index is 13.1. The number of aromatic nitrogens is 1. The van der Waals surface area contributed by atoms with Crippen molar-refractivity contribution in [3.63, 3.8) is 0 Å². The van der Waals surface area contributed by atoms with Gasteiger partial charge in [-0.15, -0.1) is 0 Å². The molecule has 3 fully saturated rings. The Labute approximate surface area is 191 Å². The van der Waals surface area contributed by atoms with E-state index in [1.165, 1.54) is 19.3 Å². The molecule has 0 N–H and O–H groups in total. The normalized spacial score (nSPS) is 28.1. The van der Waals surface area contributed by atoms with Crippen molar-refractivity contribution >= 4 is 17.7 Å². The number of rotatable bonds is 5. The minimum atomic E-state index is -0.576. The summed E-state index contributed by atoms with van der Waals surface area (Å²) < 4.78 is 6.04. The number of hydrogen-bond donors (Lipinski definition) is 0. The van der Waals surface area contributed by atoms with E-state index in [4.69, 9.17) is 4.74 Å². The number of piperidine rings is 1. The molecule has 0 atom stereocenters. The van der Waals surface area contributed by atoms with Crippen LogP contribution in [0.25, 0.3) is 0 Å². The first-order valence-corrected chi connectivity index (χ1v) is 12.5. The molecule has 1 aliphatic carbocycles. The zero-order valence-electron chi connectivity index (χ0n) is 19.4. The Bertz CT molecular complexity index is 853. The number of amides is 1. The molecule has 5 rings (SSSR count). The van der Waals surface area contributed by atoms with E-state index in [-0.39, 0.29) is 17.8 Å². The first-order chi connectivity index (χ1) is 15.6. The van der Waals surface area contributed by atoms with Crippen LogP contribution in [0.4, 0.5) is 5.82 Å². The molecule has 0 aromatic carbocycles. The SMILES string of the molecule is CN(CCN1CCCCC1)C(=O)C1CCC2(CC1)OC(=O)c1c2ccnc1N1CCCC1. The molecule has 7 nitrogen and oxygen atoms in total. The number of carbonyl (C=O) groups is 2. The summed E-state index contributed by atoms with van der Waals surface area (Å²) in [5.41, 5.74) is 1.08. The summed E-state index contributed by atoms with van der Waals surface area (Å²) in [5.74, 6) is 0.819. The van der Waals surface area contributed by atoms with Gasteiger partial charge in [0.25, 0.3) is 0 Å². The third-order valence-electron chi connectivity index (χ3n) is 8.04. The molecule has 1 aromatic rings. The number of nitrogens with zero attached hydrogens (tertiary/aromatic N) is 4. The van der Waals surface area contributed by atoms with Crippen molar-refractivity contribution in [3.8, 4) is 0 Å². The quantitative estimate of drug-likeness (QED) is 0.655. The van der Waals surface area contributed by atoms with Crippen LogP contribution in [0.15, 0.2) is 12.3 Å². The van der Waals surface area contributed by atoms with Gasteiger partial charge in [-0.3, -0.25) is 4.79 Å². The Kier molecular flexibility index (Phi) is 6.10. The van der Waals surface area contributed by atoms with E-state index in [9.17, 15) is 9.59 Å². The molecular weight excluding hydrogens is 404 g/mol. The summed E-state index contributed by atoms with van der Waals surface area (Å²) in [6.45, 7) is 5.98. The maximum Gasteiger partial charge on any atom is 0.343 e. The van der Waals surface area contributed by atoms with Gasteiger partial charge in [0.15, 0.2) is 0 Å². The third kappa shape index (κ3) is 4.00. The molecule has 1 saturated carbocycles. The van der Waals surface area contributed by atoms with Crippen molar-refractivity contribution in [2.75, 3.05) is 51.2 Å². The lowest BCUT2D eigenvalue weighted by Crippen LogP contribution is -2.43. The second kappa shape index (κ2) is 9.00. The molecule has 3 aliphatic heterocycles. The van der Waals surface area contributed by atoms with Gasteiger partial charge in [-0.1, -0.05) is 6.42 Å². The highest BCUT2D eigenvalue weighted by Gasteiger charge is 2.50. The van der Waals surface area contributed by atoms with Crippen LogP contribution in [0.3, 0.4) is 0 Å². The van der Waals surface area contributed by atoms with Gasteiger partial charge in [-0.2, -0.15) is 0 Å². The first kappa shape index (κ1) is 21.7. The number of fused-ring (bicyclic) bond motifs is 2. The van der Waals surface area contributed by atoms with Crippen LogP contribution in [0.5, 0.6) is 0 Å². The Morgan fingerprint density at radius 2 is 1.81 bits per heavy atom. The molecule has 1 amide bonds. The first-order valence-electron chi connectivity index (χ1n) is 12.5. The molecular formula is C25H36N4O3. The van der Waals surface area contributed by atoms with Gasteiger partial charge in [0.2, 0.25) is 5.91 Å². The molecule has 174 valence electrons. The molecule has 7 heteroatoms. The minimum absolute atomic E-state index is 0.0228. The predicted molar refractivity (Wildman–Crippen MR) is 123 cm³/mol. The zero-order chi connectivity index (χ0) is 22.1. The monoisotopic (exact) mass is 440 g/mol. The molecule has 1 aromatic heterocycles. The lowest BCUT2D eigenvalue weighted by atomic mass is 9.74. The standard InChI is InChI=1S/C25H36N4O3/c1-27(17-18-28-13-3-2-4-14-28)23(30)19-7-10-25(11-8-19)20-9-12-26-22(21(20)24(31)32-25)29-15-5-6-16-29/h9,12,19H,2-8,10-11,13-18H2,1H3. The summed E-state index contributed by atoms with van der Waals surface area (Å²) in [5, 5.41) is 0. The van der Waals surface area contributed by atoms with E-state index < -0.39 is 5.60 Å². The number of pyridine rings is 1. The Hall–Kier alpha value is -2.15. The molecule has 0 unspecified atom stereocenters. The number of likely N-dealkylation sites (tertiary alicyclic amines) is 1. The summed E-state index contributed by atoms with van der Waals surface area (Å²) in [6, 6.07) is 1.96. The lowest BCUT2D eigenvalue weighted by molar-refractivity contribution is -0.137. The number of ether oxygens (including phenoxy) is 1. The van der Waals surface area contributed by atoms with Gasteiger partial charge < -0.3 is 19.4 Å². The van der Waals surface area contributed by atoms with Crippen molar-refractivity contribution in [2.24, 2.45) is 5.92 Å². The van der Waals surface area contributed by atoms with Gasteiger partial charge in [0, 0.05) is 50.9 Å². The predicted octanol–water partition coefficient (Wildman–Crippen LogP) is 3.18. The summed E-state index contributed by atoms with van der Waals surface area (Å²) >= 11 is 0. The fraction of sp³-hybridized carbons (Fsp3) is 0.720. The molecule has 1 spiro atoms. The van der Waals surface area contributed by atoms with E-state index in [1.54, 1.807) is 0 Å². The van der Waals surface area contributed by atoms with Crippen LogP contribution in [-0.4, -0.2) is 73.0 Å². The molecule has 0 bridgehead atoms. The topological polar surface area (TPSA) is 66.0 Å². The van der Waals surface area contributed by atoms with E-state index >= 15 is 0 Å². The fourth-order valence-corrected chi connectivity index (χ4v) is 6.08. The van der Waals surface area contributed by atoms with Crippen molar-refractivity contribution in [2.45, 2.75) is 63.4 Å². The largest absolute Gasteiger partial charge is 0.450 e. The van der Waals surface area contributed by atoms with Crippen molar-refractivity contribution in [1.29, 1.82) is 0 Å².